The number of para-hydroxylation sites is 4. The van der Waals surface area contributed by atoms with Gasteiger partial charge in [0.1, 0.15) is 39.7 Å². The molecule has 29 rings (SSSR count). The fourth-order valence-corrected chi connectivity index (χ4v) is 33.1. The van der Waals surface area contributed by atoms with E-state index < -0.39 is 33.3 Å². The molecule has 24 aromatic rings. The second kappa shape index (κ2) is 27.9. The second-order valence-electron chi connectivity index (χ2n) is 34.9. The lowest BCUT2D eigenvalue weighted by Crippen LogP contribution is -2.73. The van der Waals surface area contributed by atoms with Crippen molar-refractivity contribution in [2.24, 2.45) is 0 Å². The molecule has 126 heavy (non-hydrogen) atoms. The van der Waals surface area contributed by atoms with E-state index in [1.807, 2.05) is 24.8 Å². The van der Waals surface area contributed by atoms with Crippen molar-refractivity contribution in [2.75, 3.05) is 0 Å². The van der Waals surface area contributed by atoms with Gasteiger partial charge in [-0.3, -0.25) is 22.0 Å². The van der Waals surface area contributed by atoms with Gasteiger partial charge in [0.15, 0.2) is 0 Å². The van der Waals surface area contributed by atoms with E-state index in [1.54, 1.807) is 0 Å². The molecule has 14 nitrogen and oxygen atoms in total. The number of rotatable bonds is 5. The molecule has 604 valence electrons. The third kappa shape index (κ3) is 10.7. The first kappa shape index (κ1) is 73.9. The fourth-order valence-electron chi connectivity index (χ4n) is 21.2. The molecule has 5 aliphatic rings. The average molecular weight is 1700 g/mol. The minimum Gasteiger partial charge on any atom is -0.537 e. The van der Waals surface area contributed by atoms with Gasteiger partial charge in [0, 0.05) is 88.5 Å². The van der Waals surface area contributed by atoms with Crippen LogP contribution < -0.4 is 59.5 Å². The summed E-state index contributed by atoms with van der Waals surface area (Å²) in [5.74, 6) is 4.18. The molecule has 0 radical (unpaired) electrons. The Kier molecular flexibility index (Phi) is 16.3. The van der Waals surface area contributed by atoms with Gasteiger partial charge in [-0.1, -0.05) is 323 Å². The van der Waals surface area contributed by atoms with Crippen molar-refractivity contribution < 1.29 is 17.7 Å². The molecule has 5 aliphatic heterocycles. The van der Waals surface area contributed by atoms with Crippen molar-refractivity contribution in [3.8, 4) is 23.3 Å². The normalized spacial score (nSPS) is 14.8. The van der Waals surface area contributed by atoms with Gasteiger partial charge in [-0.25, -0.2) is 24.9 Å². The van der Waals surface area contributed by atoms with Crippen LogP contribution in [0.1, 0.15) is 36.6 Å². The standard InChI is InChI=1S/2C27H18N2OSi.C20H18N2.2C17H14N2OSi/c1-3-10-19(11-4-1)31(20-12-5-2-6-13-20)24-17-9-16-22-21-14-7-8-15-23(21)27-28-18-25(30-31)29(27)26(22)24;1-3-10-19(11-4-1)31(20-12-5-2-6-13-20)25-18-28-27-23-15-8-7-14-21(23)22-16-9-17-24(30-31)26(22)29(25)27;1-12(2)14-9-13-7-8-15-11-21-20-17-6-4-3-5-16(17)18(10-14)19(13)22(15)20;1-21(2)14-9-5-8-12-11-6-3-4-7-13(11)17-18-10-15(20-21)19(17)16(12)14;1-21(2)15-10-18-17-13-7-4-3-6-11(13)12-8-5-9-14(20-21)16(12)19(15)17/h2*1-18H;3-6,9-12H,7-8H2,1-2H3;2*3-10H,1-2H3. The van der Waals surface area contributed by atoms with Crippen LogP contribution in [-0.2, 0) is 12.8 Å². The predicted octanol–water partition coefficient (Wildman–Crippen LogP) is 19.8. The van der Waals surface area contributed by atoms with Crippen molar-refractivity contribution in [2.45, 2.75) is 58.8 Å². The largest absolute Gasteiger partial charge is 0.537 e. The van der Waals surface area contributed by atoms with E-state index >= 15 is 0 Å². The van der Waals surface area contributed by atoms with Gasteiger partial charge in [-0.15, -0.1) is 0 Å². The number of hydrogen-bond donors (Lipinski definition) is 0. The summed E-state index contributed by atoms with van der Waals surface area (Å²) in [4.78, 5) is 23.8. The number of aryl methyl sites for hydroxylation is 2. The Bertz CT molecular complexity index is 8610. The highest BCUT2D eigenvalue weighted by Gasteiger charge is 2.51. The van der Waals surface area contributed by atoms with Crippen molar-refractivity contribution in [3.63, 3.8) is 0 Å². The van der Waals surface area contributed by atoms with E-state index in [4.69, 9.17) is 37.6 Å². The van der Waals surface area contributed by atoms with Crippen LogP contribution in [0, 0.1) is 0 Å². The number of benzene rings is 14. The van der Waals surface area contributed by atoms with Crippen LogP contribution in [0.2, 0.25) is 26.2 Å². The van der Waals surface area contributed by atoms with Crippen molar-refractivity contribution in [1.29, 1.82) is 0 Å². The maximum absolute atomic E-state index is 7.14. The lowest BCUT2D eigenvalue weighted by Gasteiger charge is -2.37. The van der Waals surface area contributed by atoms with Gasteiger partial charge in [0.25, 0.3) is 16.6 Å². The van der Waals surface area contributed by atoms with Gasteiger partial charge in [-0.2, -0.15) is 0 Å². The van der Waals surface area contributed by atoms with Crippen molar-refractivity contribution in [3.05, 3.63) is 375 Å². The maximum Gasteiger partial charge on any atom is 0.365 e. The van der Waals surface area contributed by atoms with E-state index in [9.17, 15) is 0 Å². The monoisotopic (exact) mass is 1690 g/mol. The Morgan fingerprint density at radius 3 is 1.10 bits per heavy atom. The van der Waals surface area contributed by atoms with Crippen LogP contribution in [0.3, 0.4) is 0 Å². The molecule has 0 spiro atoms. The number of aromatic nitrogens is 10. The summed E-state index contributed by atoms with van der Waals surface area (Å²) < 4.78 is 38.4. The van der Waals surface area contributed by atoms with E-state index in [1.165, 1.54) is 145 Å². The molecule has 0 amide bonds. The SMILES string of the molecule is CC(C)c1cc2c3c(c1)c1ccccc1c1ncc(n13)CC2.C[Si]1(C)Oc2cccc3c4ccccc4c4ncc1n4c23.C[Si]1(C)Oc2cnc3c4ccccc4c4cccc1c4n23.c1ccc([Si]2(c3ccccc3)Oc3cccc4c5ccccc5c5ncc2n5c34)cc1.c1ccc([Si]2(c3ccccc3)Oc3cnc4c5ccccc5c5cccc2c5n34)cc1. The molecule has 18 heteroatoms. The van der Waals surface area contributed by atoms with E-state index in [0.717, 1.165) is 86.1 Å². The Hall–Kier alpha value is -14.8. The summed E-state index contributed by atoms with van der Waals surface area (Å²) in [6, 6.07) is 116. The molecule has 0 saturated heterocycles. The van der Waals surface area contributed by atoms with Gasteiger partial charge in [0.2, 0.25) is 11.8 Å². The predicted molar refractivity (Wildman–Crippen MR) is 524 cm³/mol. The molecule has 0 bridgehead atoms. The number of hydrogen-bond acceptors (Lipinski definition) is 9. The number of pyridine rings is 5. The summed E-state index contributed by atoms with van der Waals surface area (Å²) in [6.45, 7) is 13.5. The molecule has 0 N–H and O–H groups in total. The van der Waals surface area contributed by atoms with E-state index in [2.05, 4.69) is 401 Å². The van der Waals surface area contributed by atoms with Crippen LogP contribution in [0.15, 0.2) is 359 Å². The van der Waals surface area contributed by atoms with E-state index in [0.29, 0.717) is 5.92 Å². The first-order valence-corrected chi connectivity index (χ1v) is 53.0. The Labute approximate surface area is 728 Å². The highest BCUT2D eigenvalue weighted by atomic mass is 28.4. The van der Waals surface area contributed by atoms with Crippen LogP contribution >= 0.6 is 0 Å². The summed E-state index contributed by atoms with van der Waals surface area (Å²) in [5, 5.41) is 28.5. The van der Waals surface area contributed by atoms with Crippen LogP contribution in [0.4, 0.5) is 0 Å². The molecule has 0 aliphatic carbocycles. The molecule has 0 fully saturated rings. The molecule has 0 atom stereocenters. The summed E-state index contributed by atoms with van der Waals surface area (Å²) >= 11 is 0. The molecule has 0 saturated carbocycles. The molecular formula is C108H82N10O4Si4. The van der Waals surface area contributed by atoms with Crippen molar-refractivity contribution in [1.82, 2.24) is 46.9 Å². The zero-order valence-corrected chi connectivity index (χ0v) is 74.2. The maximum atomic E-state index is 7.14. The topological polar surface area (TPSA) is 123 Å². The van der Waals surface area contributed by atoms with Crippen LogP contribution in [-0.4, -0.2) is 80.2 Å². The number of imidazole rings is 5. The third-order valence-corrected chi connectivity index (χ3v) is 39.4. The smallest absolute Gasteiger partial charge is 0.365 e. The molecule has 10 aromatic heterocycles. The molecule has 15 heterocycles. The number of fused-ring (bicyclic) bond motifs is 15. The highest BCUT2D eigenvalue weighted by Crippen LogP contribution is 2.44. The average Bonchev–Trinajstić information content (AvgIpc) is 0.837. The summed E-state index contributed by atoms with van der Waals surface area (Å²) in [7, 11) is -9.45. The first-order chi connectivity index (χ1) is 61.8. The Morgan fingerprint density at radius 2 is 0.619 bits per heavy atom. The zero-order valence-electron chi connectivity index (χ0n) is 70.2. The van der Waals surface area contributed by atoms with Gasteiger partial charge in [0.05, 0.1) is 50.6 Å². The van der Waals surface area contributed by atoms with Crippen LogP contribution in [0.5, 0.6) is 23.3 Å². The minimum absolute atomic E-state index is 0.555. The molecule has 14 aromatic carbocycles. The third-order valence-electron chi connectivity index (χ3n) is 26.8. The summed E-state index contributed by atoms with van der Waals surface area (Å²) in [5.41, 5.74) is 15.5. The van der Waals surface area contributed by atoms with E-state index in [-0.39, 0.29) is 0 Å². The van der Waals surface area contributed by atoms with Crippen molar-refractivity contribution >= 4 is 212 Å². The fraction of sp³-hybridized carbons (Fsp3) is 0.0833. The lowest BCUT2D eigenvalue weighted by molar-refractivity contribution is 0.532. The highest BCUT2D eigenvalue weighted by molar-refractivity contribution is 7.09. The second-order valence-corrected chi connectivity index (χ2v) is 48.9. The minimum atomic E-state index is -2.80. The zero-order chi connectivity index (χ0) is 84.1. The van der Waals surface area contributed by atoms with Gasteiger partial charge in [-0.05, 0) is 122 Å². The first-order valence-electron chi connectivity index (χ1n) is 43.4. The Morgan fingerprint density at radius 1 is 0.262 bits per heavy atom. The number of nitrogens with zero attached hydrogens (tertiary/aromatic N) is 10. The molecular weight excluding hydrogens is 1610 g/mol. The van der Waals surface area contributed by atoms with Gasteiger partial charge < -0.3 is 17.7 Å². The lowest BCUT2D eigenvalue weighted by atomic mass is 9.91. The van der Waals surface area contributed by atoms with Crippen LogP contribution in [0.25, 0.3) is 137 Å². The Balaban J connectivity index is 0.0000000868. The quantitative estimate of drug-likeness (QED) is 0.122. The molecule has 0 unspecified atom stereocenters. The summed E-state index contributed by atoms with van der Waals surface area (Å²) in [6.07, 6.45) is 12.1. The van der Waals surface area contributed by atoms with Gasteiger partial charge >= 0.3 is 16.6 Å².